The van der Waals surface area contributed by atoms with E-state index in [1.165, 1.54) is 5.56 Å². The zero-order valence-corrected chi connectivity index (χ0v) is 13.4. The molecular weight excluding hydrogens is 290 g/mol. The minimum absolute atomic E-state index is 0.452. The molecule has 3 nitrogen and oxygen atoms in total. The molecule has 22 heavy (non-hydrogen) atoms. The van der Waals surface area contributed by atoms with Crippen LogP contribution in [-0.2, 0) is 0 Å². The molecule has 1 aromatic heterocycles. The summed E-state index contributed by atoms with van der Waals surface area (Å²) in [5.41, 5.74) is 5.16. The van der Waals surface area contributed by atoms with Crippen LogP contribution in [0.4, 0.5) is 0 Å². The molecule has 3 aromatic rings. The van der Waals surface area contributed by atoms with Gasteiger partial charge in [-0.25, -0.2) is 4.68 Å². The minimum atomic E-state index is 0.452. The molecule has 2 N–H and O–H groups in total. The molecule has 0 atom stereocenters. The lowest BCUT2D eigenvalue weighted by atomic mass is 10.0. The third-order valence-electron chi connectivity index (χ3n) is 3.68. The van der Waals surface area contributed by atoms with Crippen LogP contribution >= 0.6 is 12.2 Å². The average Bonchev–Trinajstić information content (AvgIpc) is 2.83. The maximum atomic E-state index is 8.50. The Morgan fingerprint density at radius 1 is 1.00 bits per heavy atom. The largest absolute Gasteiger partial charge is 0.299 e. The quantitative estimate of drug-likeness (QED) is 0.540. The third-order valence-corrected chi connectivity index (χ3v) is 4.06. The van der Waals surface area contributed by atoms with Crippen LogP contribution < -0.4 is 0 Å². The van der Waals surface area contributed by atoms with Crippen molar-refractivity contribution in [3.63, 3.8) is 0 Å². The van der Waals surface area contributed by atoms with E-state index >= 15 is 0 Å². The molecule has 0 saturated carbocycles. The molecule has 110 valence electrons. The van der Waals surface area contributed by atoms with E-state index in [0.29, 0.717) is 10.4 Å². The number of aryl methyl sites for hydroxylation is 2. The molecule has 3 rings (SSSR count). The number of nitrogens with zero attached hydrogens (tertiary/aromatic N) is 1. The fraction of sp³-hybridized carbons (Fsp3) is 0.111. The zero-order valence-electron chi connectivity index (χ0n) is 12.6. The molecule has 0 amide bonds. The van der Waals surface area contributed by atoms with Gasteiger partial charge in [0.1, 0.15) is 4.64 Å². The Morgan fingerprint density at radius 3 is 2.27 bits per heavy atom. The molecule has 2 aromatic carbocycles. The lowest BCUT2D eigenvalue weighted by Crippen LogP contribution is -2.03. The van der Waals surface area contributed by atoms with Gasteiger partial charge in [0.25, 0.3) is 0 Å². The van der Waals surface area contributed by atoms with Gasteiger partial charge in [-0.3, -0.25) is 10.5 Å². The second-order valence-corrected chi connectivity index (χ2v) is 5.72. The predicted molar refractivity (Wildman–Crippen MR) is 92.8 cm³/mol. The first-order valence-corrected chi connectivity index (χ1v) is 7.52. The van der Waals surface area contributed by atoms with Gasteiger partial charge in [-0.15, -0.1) is 0 Å². The first kappa shape index (κ1) is 14.5. The molecule has 4 heteroatoms. The number of hydrogen-bond donors (Lipinski definition) is 2. The van der Waals surface area contributed by atoms with E-state index in [1.807, 2.05) is 73.1 Å². The van der Waals surface area contributed by atoms with Crippen molar-refractivity contribution in [2.45, 2.75) is 13.8 Å². The molecule has 0 bridgehead atoms. The summed E-state index contributed by atoms with van der Waals surface area (Å²) in [7, 11) is 0. The van der Waals surface area contributed by atoms with Crippen molar-refractivity contribution in [2.75, 3.05) is 0 Å². The Balaban J connectivity index is 2.09. The van der Waals surface area contributed by atoms with Crippen molar-refractivity contribution in [3.8, 4) is 5.69 Å². The molecule has 0 spiro atoms. The summed E-state index contributed by atoms with van der Waals surface area (Å²) in [4.78, 5) is 0. The summed E-state index contributed by atoms with van der Waals surface area (Å²) < 4.78 is 2.48. The number of para-hydroxylation sites is 1. The highest BCUT2D eigenvalue weighted by molar-refractivity contribution is 7.71. The standard InChI is InChI=1S/C18H17N3S/c1-12-8-10-14(11-9-12)17(19)16-13(2)20-21(18(16)22)15-6-4-3-5-7-15/h3-11,19-20H,1-2H3. The molecule has 0 fully saturated rings. The van der Waals surface area contributed by atoms with Crippen molar-refractivity contribution in [1.29, 1.82) is 5.41 Å². The molecule has 0 aliphatic heterocycles. The smallest absolute Gasteiger partial charge is 0.137 e. The SMILES string of the molecule is Cc1ccc(C(=N)c2c(C)[nH]n(-c3ccccc3)c2=S)cc1. The Morgan fingerprint density at radius 2 is 1.64 bits per heavy atom. The molecule has 1 heterocycles. The lowest BCUT2D eigenvalue weighted by molar-refractivity contribution is 0.853. The van der Waals surface area contributed by atoms with Crippen molar-refractivity contribution < 1.29 is 0 Å². The normalized spacial score (nSPS) is 10.6. The Kier molecular flexibility index (Phi) is 3.77. The third kappa shape index (κ3) is 2.53. The van der Waals surface area contributed by atoms with E-state index in [-0.39, 0.29) is 0 Å². The van der Waals surface area contributed by atoms with Gasteiger partial charge in [-0.1, -0.05) is 60.2 Å². The highest BCUT2D eigenvalue weighted by Crippen LogP contribution is 2.18. The van der Waals surface area contributed by atoms with E-state index in [4.69, 9.17) is 17.6 Å². The van der Waals surface area contributed by atoms with E-state index in [0.717, 1.165) is 22.5 Å². The first-order valence-electron chi connectivity index (χ1n) is 7.11. The Labute approximate surface area is 134 Å². The summed E-state index contributed by atoms with van der Waals surface area (Å²) in [6.07, 6.45) is 0. The van der Waals surface area contributed by atoms with E-state index in [9.17, 15) is 0 Å². The van der Waals surface area contributed by atoms with Crippen LogP contribution in [0.1, 0.15) is 22.4 Å². The first-order chi connectivity index (χ1) is 10.6. The average molecular weight is 307 g/mol. The number of H-pyrrole nitrogens is 1. The summed E-state index contributed by atoms with van der Waals surface area (Å²) in [5, 5.41) is 11.8. The van der Waals surface area contributed by atoms with Gasteiger partial charge >= 0.3 is 0 Å². The minimum Gasteiger partial charge on any atom is -0.299 e. The second kappa shape index (κ2) is 5.73. The van der Waals surface area contributed by atoms with E-state index in [1.54, 1.807) is 0 Å². The van der Waals surface area contributed by atoms with Gasteiger partial charge in [-0.2, -0.15) is 0 Å². The number of aromatic amines is 1. The van der Waals surface area contributed by atoms with Crippen LogP contribution in [0, 0.1) is 23.9 Å². The fourth-order valence-corrected chi connectivity index (χ4v) is 2.87. The van der Waals surface area contributed by atoms with Crippen molar-refractivity contribution in [1.82, 2.24) is 9.78 Å². The van der Waals surface area contributed by atoms with Crippen molar-refractivity contribution in [3.05, 3.63) is 81.6 Å². The second-order valence-electron chi connectivity index (χ2n) is 5.33. The van der Waals surface area contributed by atoms with Gasteiger partial charge in [0.2, 0.25) is 0 Å². The maximum absolute atomic E-state index is 8.50. The van der Waals surface area contributed by atoms with Gasteiger partial charge < -0.3 is 0 Å². The summed E-state index contributed by atoms with van der Waals surface area (Å²) in [6, 6.07) is 17.8. The topological polar surface area (TPSA) is 44.6 Å². The van der Waals surface area contributed by atoms with Crippen LogP contribution in [0.2, 0.25) is 0 Å². The molecule has 0 radical (unpaired) electrons. The van der Waals surface area contributed by atoms with Gasteiger partial charge in [0, 0.05) is 11.3 Å². The molecular formula is C18H17N3S. The van der Waals surface area contributed by atoms with Gasteiger partial charge in [0.15, 0.2) is 0 Å². The summed E-state index contributed by atoms with van der Waals surface area (Å²) in [6.45, 7) is 3.99. The zero-order chi connectivity index (χ0) is 15.7. The van der Waals surface area contributed by atoms with E-state index in [2.05, 4.69) is 5.10 Å². The van der Waals surface area contributed by atoms with Crippen molar-refractivity contribution in [2.24, 2.45) is 0 Å². The Bertz CT molecular complexity index is 871. The summed E-state index contributed by atoms with van der Waals surface area (Å²) >= 11 is 5.59. The number of aromatic nitrogens is 2. The van der Waals surface area contributed by atoms with Gasteiger partial charge in [0.05, 0.1) is 17.0 Å². The van der Waals surface area contributed by atoms with E-state index < -0.39 is 0 Å². The highest BCUT2D eigenvalue weighted by atomic mass is 32.1. The molecule has 0 aliphatic carbocycles. The van der Waals surface area contributed by atoms with Crippen LogP contribution in [0.3, 0.4) is 0 Å². The fourth-order valence-electron chi connectivity index (χ4n) is 2.46. The summed E-state index contributed by atoms with van der Waals surface area (Å²) in [5.74, 6) is 0. The number of rotatable bonds is 3. The van der Waals surface area contributed by atoms with Crippen LogP contribution in [-0.4, -0.2) is 15.5 Å². The van der Waals surface area contributed by atoms with Crippen molar-refractivity contribution >= 4 is 17.9 Å². The monoisotopic (exact) mass is 307 g/mol. The van der Waals surface area contributed by atoms with Crippen LogP contribution in [0.25, 0.3) is 5.69 Å². The highest BCUT2D eigenvalue weighted by Gasteiger charge is 2.15. The number of nitrogens with one attached hydrogen (secondary N) is 2. The number of benzene rings is 2. The van der Waals surface area contributed by atoms with Crippen LogP contribution in [0.5, 0.6) is 0 Å². The lowest BCUT2D eigenvalue weighted by Gasteiger charge is -2.04. The predicted octanol–water partition coefficient (Wildman–Crippen LogP) is 4.57. The van der Waals surface area contributed by atoms with Crippen LogP contribution in [0.15, 0.2) is 54.6 Å². The molecule has 0 saturated heterocycles. The molecule has 0 unspecified atom stereocenters. The number of hydrogen-bond acceptors (Lipinski definition) is 2. The van der Waals surface area contributed by atoms with Gasteiger partial charge in [-0.05, 0) is 26.0 Å². The molecule has 0 aliphatic rings. The Hall–Kier alpha value is -2.46. The maximum Gasteiger partial charge on any atom is 0.137 e.